The standard InChI is InChI=1S/C12H18N2O2/c1-3-4-9-14-12(2,11(15)16)10-7-5-6-8-13-10/h5-8,14H,3-4,9H2,1-2H3,(H,15,16). The number of aliphatic carboxylic acids is 1. The SMILES string of the molecule is CCCCNC(C)(C(=O)O)c1ccccn1. The molecule has 0 radical (unpaired) electrons. The van der Waals surface area contributed by atoms with Gasteiger partial charge in [-0.05, 0) is 32.0 Å². The van der Waals surface area contributed by atoms with E-state index in [-0.39, 0.29) is 0 Å². The lowest BCUT2D eigenvalue weighted by Gasteiger charge is -2.25. The highest BCUT2D eigenvalue weighted by Gasteiger charge is 2.35. The van der Waals surface area contributed by atoms with Gasteiger partial charge in [-0.15, -0.1) is 0 Å². The third-order valence-electron chi connectivity index (χ3n) is 2.61. The lowest BCUT2D eigenvalue weighted by molar-refractivity contribution is -0.144. The number of carboxylic acids is 1. The highest BCUT2D eigenvalue weighted by atomic mass is 16.4. The van der Waals surface area contributed by atoms with Crippen LogP contribution in [-0.2, 0) is 10.3 Å². The molecule has 88 valence electrons. The summed E-state index contributed by atoms with van der Waals surface area (Å²) in [5.74, 6) is -0.901. The van der Waals surface area contributed by atoms with Gasteiger partial charge in [-0.1, -0.05) is 19.4 Å². The molecular formula is C12H18N2O2. The fourth-order valence-electron chi connectivity index (χ4n) is 1.45. The minimum atomic E-state index is -1.10. The highest BCUT2D eigenvalue weighted by Crippen LogP contribution is 2.18. The monoisotopic (exact) mass is 222 g/mol. The van der Waals surface area contributed by atoms with Crippen molar-refractivity contribution >= 4 is 5.97 Å². The smallest absolute Gasteiger partial charge is 0.329 e. The molecule has 1 rings (SSSR count). The first-order chi connectivity index (χ1) is 7.61. The number of hydrogen-bond acceptors (Lipinski definition) is 3. The zero-order valence-electron chi connectivity index (χ0n) is 9.73. The van der Waals surface area contributed by atoms with E-state index < -0.39 is 11.5 Å². The van der Waals surface area contributed by atoms with Crippen molar-refractivity contribution in [1.29, 1.82) is 0 Å². The van der Waals surface area contributed by atoms with E-state index in [1.807, 2.05) is 0 Å². The van der Waals surface area contributed by atoms with Crippen LogP contribution >= 0.6 is 0 Å². The normalized spacial score (nSPS) is 14.4. The molecule has 4 nitrogen and oxygen atoms in total. The molecule has 0 bridgehead atoms. The first-order valence-electron chi connectivity index (χ1n) is 5.51. The molecule has 1 aromatic rings. The number of pyridine rings is 1. The maximum Gasteiger partial charge on any atom is 0.329 e. The van der Waals surface area contributed by atoms with Crippen LogP contribution in [0.4, 0.5) is 0 Å². The van der Waals surface area contributed by atoms with Gasteiger partial charge in [0.1, 0.15) is 0 Å². The topological polar surface area (TPSA) is 62.2 Å². The van der Waals surface area contributed by atoms with Crippen molar-refractivity contribution in [2.24, 2.45) is 0 Å². The summed E-state index contributed by atoms with van der Waals surface area (Å²) in [5, 5.41) is 12.3. The number of carboxylic acid groups (broad SMARTS) is 1. The van der Waals surface area contributed by atoms with Crippen LogP contribution in [0, 0.1) is 0 Å². The Labute approximate surface area is 95.7 Å². The van der Waals surface area contributed by atoms with Crippen LogP contribution in [-0.4, -0.2) is 22.6 Å². The largest absolute Gasteiger partial charge is 0.480 e. The summed E-state index contributed by atoms with van der Waals surface area (Å²) in [4.78, 5) is 15.4. The molecule has 0 aromatic carbocycles. The van der Waals surface area contributed by atoms with E-state index in [1.54, 1.807) is 31.3 Å². The lowest BCUT2D eigenvalue weighted by atomic mass is 9.97. The third-order valence-corrected chi connectivity index (χ3v) is 2.61. The fourth-order valence-corrected chi connectivity index (χ4v) is 1.45. The molecule has 1 atom stereocenters. The van der Waals surface area contributed by atoms with E-state index in [0.29, 0.717) is 12.2 Å². The summed E-state index contributed by atoms with van der Waals surface area (Å²) in [6, 6.07) is 5.30. The van der Waals surface area contributed by atoms with Crippen molar-refractivity contribution in [3.05, 3.63) is 30.1 Å². The summed E-state index contributed by atoms with van der Waals surface area (Å²) in [5.41, 5.74) is -0.560. The summed E-state index contributed by atoms with van der Waals surface area (Å²) in [6.07, 6.45) is 3.60. The minimum absolute atomic E-state index is 0.540. The molecule has 0 aliphatic rings. The van der Waals surface area contributed by atoms with Crippen molar-refractivity contribution in [1.82, 2.24) is 10.3 Å². The molecule has 0 amide bonds. The molecule has 0 fully saturated rings. The van der Waals surface area contributed by atoms with Crippen LogP contribution in [0.15, 0.2) is 24.4 Å². The average Bonchev–Trinajstić information content (AvgIpc) is 2.30. The molecule has 0 aliphatic carbocycles. The van der Waals surface area contributed by atoms with Crippen molar-refractivity contribution in [3.8, 4) is 0 Å². The Morgan fingerprint density at radius 2 is 2.31 bits per heavy atom. The first kappa shape index (κ1) is 12.6. The highest BCUT2D eigenvalue weighted by molar-refractivity contribution is 5.79. The molecule has 4 heteroatoms. The molecule has 1 unspecified atom stereocenters. The molecule has 0 saturated carbocycles. The van der Waals surface area contributed by atoms with Gasteiger partial charge in [0, 0.05) is 6.20 Å². The van der Waals surface area contributed by atoms with Gasteiger partial charge < -0.3 is 5.11 Å². The zero-order valence-corrected chi connectivity index (χ0v) is 9.73. The second-order valence-corrected chi connectivity index (χ2v) is 3.93. The molecule has 0 aliphatic heterocycles. The number of unbranched alkanes of at least 4 members (excludes halogenated alkanes) is 1. The van der Waals surface area contributed by atoms with Crippen LogP contribution in [0.2, 0.25) is 0 Å². The van der Waals surface area contributed by atoms with Crippen molar-refractivity contribution < 1.29 is 9.90 Å². The molecule has 1 heterocycles. The molecule has 0 spiro atoms. The van der Waals surface area contributed by atoms with Crippen LogP contribution < -0.4 is 5.32 Å². The number of hydrogen-bond donors (Lipinski definition) is 2. The van der Waals surface area contributed by atoms with E-state index in [2.05, 4.69) is 17.2 Å². The van der Waals surface area contributed by atoms with Gasteiger partial charge in [-0.2, -0.15) is 0 Å². The first-order valence-corrected chi connectivity index (χ1v) is 5.51. The number of carbonyl (C=O) groups is 1. The number of nitrogens with zero attached hydrogens (tertiary/aromatic N) is 1. The predicted molar refractivity (Wildman–Crippen MR) is 62.1 cm³/mol. The van der Waals surface area contributed by atoms with Crippen LogP contribution in [0.25, 0.3) is 0 Å². The van der Waals surface area contributed by atoms with Gasteiger partial charge in [-0.25, -0.2) is 4.79 Å². The maximum absolute atomic E-state index is 11.3. The van der Waals surface area contributed by atoms with Gasteiger partial charge in [0.15, 0.2) is 5.54 Å². The van der Waals surface area contributed by atoms with Gasteiger partial charge in [0.2, 0.25) is 0 Å². The summed E-state index contributed by atoms with van der Waals surface area (Å²) in [6.45, 7) is 4.39. The van der Waals surface area contributed by atoms with Gasteiger partial charge in [-0.3, -0.25) is 10.3 Å². The van der Waals surface area contributed by atoms with Gasteiger partial charge in [0.05, 0.1) is 5.69 Å². The number of rotatable bonds is 6. The maximum atomic E-state index is 11.3. The Balaban J connectivity index is 2.85. The van der Waals surface area contributed by atoms with Crippen molar-refractivity contribution in [3.63, 3.8) is 0 Å². The van der Waals surface area contributed by atoms with Crippen molar-refractivity contribution in [2.75, 3.05) is 6.54 Å². The van der Waals surface area contributed by atoms with E-state index in [1.165, 1.54) is 0 Å². The van der Waals surface area contributed by atoms with E-state index in [4.69, 9.17) is 0 Å². The second kappa shape index (κ2) is 5.61. The Morgan fingerprint density at radius 3 is 2.81 bits per heavy atom. The lowest BCUT2D eigenvalue weighted by Crippen LogP contribution is -2.47. The zero-order chi connectivity index (χ0) is 12.0. The molecule has 1 aromatic heterocycles. The van der Waals surface area contributed by atoms with Gasteiger partial charge >= 0.3 is 5.97 Å². The number of aromatic nitrogens is 1. The Hall–Kier alpha value is -1.42. The molecule has 2 N–H and O–H groups in total. The second-order valence-electron chi connectivity index (χ2n) is 3.93. The van der Waals surface area contributed by atoms with Crippen LogP contribution in [0.5, 0.6) is 0 Å². The predicted octanol–water partition coefficient (Wildman–Crippen LogP) is 1.77. The van der Waals surface area contributed by atoms with E-state index >= 15 is 0 Å². The van der Waals surface area contributed by atoms with Gasteiger partial charge in [0.25, 0.3) is 0 Å². The van der Waals surface area contributed by atoms with E-state index in [9.17, 15) is 9.90 Å². The number of nitrogens with one attached hydrogen (secondary N) is 1. The molecular weight excluding hydrogens is 204 g/mol. The Bertz CT molecular complexity index is 340. The quantitative estimate of drug-likeness (QED) is 0.720. The summed E-state index contributed by atoms with van der Waals surface area (Å²) in [7, 11) is 0. The van der Waals surface area contributed by atoms with Crippen LogP contribution in [0.1, 0.15) is 32.4 Å². The Kier molecular flexibility index (Phi) is 4.43. The van der Waals surface area contributed by atoms with E-state index in [0.717, 1.165) is 12.8 Å². The Morgan fingerprint density at radius 1 is 1.56 bits per heavy atom. The molecule has 16 heavy (non-hydrogen) atoms. The molecule has 0 saturated heterocycles. The fraction of sp³-hybridized carbons (Fsp3) is 0.500. The summed E-state index contributed by atoms with van der Waals surface area (Å²) >= 11 is 0. The summed E-state index contributed by atoms with van der Waals surface area (Å²) < 4.78 is 0. The minimum Gasteiger partial charge on any atom is -0.480 e. The van der Waals surface area contributed by atoms with Crippen LogP contribution in [0.3, 0.4) is 0 Å². The van der Waals surface area contributed by atoms with Crippen molar-refractivity contribution in [2.45, 2.75) is 32.2 Å². The third kappa shape index (κ3) is 2.79. The average molecular weight is 222 g/mol.